The first kappa shape index (κ1) is 21.6. The van der Waals surface area contributed by atoms with Crippen molar-refractivity contribution in [3.8, 4) is 5.75 Å². The summed E-state index contributed by atoms with van der Waals surface area (Å²) in [7, 11) is 0. The van der Waals surface area contributed by atoms with Crippen molar-refractivity contribution >= 4 is 33.9 Å². The number of ketones is 1. The van der Waals surface area contributed by atoms with E-state index < -0.39 is 29.3 Å². The van der Waals surface area contributed by atoms with E-state index in [-0.39, 0.29) is 16.3 Å². The van der Waals surface area contributed by atoms with Crippen LogP contribution in [0.15, 0.2) is 54.1 Å². The highest BCUT2D eigenvalue weighted by Crippen LogP contribution is 2.43. The summed E-state index contributed by atoms with van der Waals surface area (Å²) in [5.74, 6) is -1.99. The Morgan fingerprint density at radius 3 is 2.56 bits per heavy atom. The molecule has 1 saturated heterocycles. The number of halogens is 1. The Hall–Kier alpha value is -3.59. The predicted octanol–water partition coefficient (Wildman–Crippen LogP) is 4.26. The minimum atomic E-state index is -0.946. The van der Waals surface area contributed by atoms with E-state index in [1.807, 2.05) is 13.8 Å². The number of hydrogen-bond acceptors (Lipinski definition) is 7. The third-order valence-electron chi connectivity index (χ3n) is 5.01. The van der Waals surface area contributed by atoms with Gasteiger partial charge >= 0.3 is 5.91 Å². The van der Waals surface area contributed by atoms with Crippen molar-refractivity contribution in [3.63, 3.8) is 0 Å². The van der Waals surface area contributed by atoms with Gasteiger partial charge in [0.1, 0.15) is 22.3 Å². The molecule has 0 aliphatic carbocycles. The van der Waals surface area contributed by atoms with Crippen molar-refractivity contribution in [2.75, 3.05) is 11.5 Å². The first-order valence-electron chi connectivity index (χ1n) is 10.1. The van der Waals surface area contributed by atoms with Crippen molar-refractivity contribution in [2.24, 2.45) is 0 Å². The summed E-state index contributed by atoms with van der Waals surface area (Å²) in [4.78, 5) is 27.4. The summed E-state index contributed by atoms with van der Waals surface area (Å²) in [6, 6.07) is 11.1. The lowest BCUT2D eigenvalue weighted by molar-refractivity contribution is -0.132. The lowest BCUT2D eigenvalue weighted by Crippen LogP contribution is -2.29. The Morgan fingerprint density at radius 2 is 1.91 bits per heavy atom. The average Bonchev–Trinajstić information content (AvgIpc) is 3.37. The van der Waals surface area contributed by atoms with Gasteiger partial charge in [0.2, 0.25) is 5.13 Å². The minimum absolute atomic E-state index is 0.108. The van der Waals surface area contributed by atoms with Crippen LogP contribution in [-0.2, 0) is 16.0 Å². The molecule has 1 aliphatic rings. The van der Waals surface area contributed by atoms with Crippen LogP contribution in [0.3, 0.4) is 0 Å². The number of carbonyl (C=O) groups is 2. The molecule has 1 aromatic heterocycles. The van der Waals surface area contributed by atoms with Crippen LogP contribution < -0.4 is 9.64 Å². The van der Waals surface area contributed by atoms with E-state index in [2.05, 4.69) is 10.2 Å². The predicted molar refractivity (Wildman–Crippen MR) is 118 cm³/mol. The van der Waals surface area contributed by atoms with E-state index in [4.69, 9.17) is 4.74 Å². The summed E-state index contributed by atoms with van der Waals surface area (Å²) >= 11 is 1.21. The number of rotatable bonds is 6. The van der Waals surface area contributed by atoms with E-state index in [1.54, 1.807) is 24.3 Å². The van der Waals surface area contributed by atoms with E-state index in [9.17, 15) is 19.1 Å². The molecule has 1 aliphatic heterocycles. The van der Waals surface area contributed by atoms with Crippen LogP contribution in [0.2, 0.25) is 0 Å². The highest BCUT2D eigenvalue weighted by Gasteiger charge is 2.48. The van der Waals surface area contributed by atoms with Gasteiger partial charge in [-0.25, -0.2) is 4.39 Å². The Morgan fingerprint density at radius 1 is 1.16 bits per heavy atom. The number of anilines is 1. The topological polar surface area (TPSA) is 92.6 Å². The monoisotopic (exact) mass is 453 g/mol. The molecule has 0 spiro atoms. The number of aliphatic hydroxyl groups excluding tert-OH is 1. The number of benzene rings is 2. The molecule has 1 fully saturated rings. The number of Topliss-reactive ketones (excluding diaryl/α,β-unsaturated/α-hetero) is 1. The van der Waals surface area contributed by atoms with Gasteiger partial charge in [-0.2, -0.15) is 0 Å². The van der Waals surface area contributed by atoms with Crippen LogP contribution in [0, 0.1) is 5.82 Å². The number of hydrogen-bond donors (Lipinski definition) is 1. The van der Waals surface area contributed by atoms with Crippen LogP contribution in [0.4, 0.5) is 9.52 Å². The minimum Gasteiger partial charge on any atom is -0.507 e. The van der Waals surface area contributed by atoms with Crippen LogP contribution in [-0.4, -0.2) is 33.6 Å². The number of amides is 1. The number of aliphatic hydroxyl groups is 1. The highest BCUT2D eigenvalue weighted by molar-refractivity contribution is 7.15. The van der Waals surface area contributed by atoms with Crippen LogP contribution >= 0.6 is 11.3 Å². The van der Waals surface area contributed by atoms with Crippen molar-refractivity contribution in [1.82, 2.24) is 10.2 Å². The van der Waals surface area contributed by atoms with Gasteiger partial charge in [-0.1, -0.05) is 30.4 Å². The SMILES string of the molecule is CCOc1cccc(C2/C(=C(\O)c3ccc(F)cc3)C(=O)C(=O)N2c2nnc(CC)s2)c1. The molecule has 3 aromatic rings. The maximum Gasteiger partial charge on any atom is 0.301 e. The van der Waals surface area contributed by atoms with Crippen molar-refractivity contribution < 1.29 is 23.8 Å². The molecule has 9 heteroatoms. The van der Waals surface area contributed by atoms with Gasteiger partial charge in [0, 0.05) is 5.56 Å². The highest BCUT2D eigenvalue weighted by atomic mass is 32.1. The van der Waals surface area contributed by atoms with Crippen LogP contribution in [0.5, 0.6) is 5.75 Å². The second-order valence-corrected chi connectivity index (χ2v) is 8.05. The Kier molecular flexibility index (Phi) is 6.00. The lowest BCUT2D eigenvalue weighted by Gasteiger charge is -2.23. The second kappa shape index (κ2) is 8.88. The molecule has 1 unspecified atom stereocenters. The number of aryl methyl sites for hydroxylation is 1. The lowest BCUT2D eigenvalue weighted by atomic mass is 9.95. The molecule has 0 saturated carbocycles. The van der Waals surface area contributed by atoms with Gasteiger partial charge in [-0.15, -0.1) is 10.2 Å². The van der Waals surface area contributed by atoms with E-state index in [0.717, 1.165) is 0 Å². The second-order valence-electron chi connectivity index (χ2n) is 7.01. The summed E-state index contributed by atoms with van der Waals surface area (Å²) in [5.41, 5.74) is 0.678. The summed E-state index contributed by atoms with van der Waals surface area (Å²) in [6.45, 7) is 4.20. The maximum atomic E-state index is 13.4. The van der Waals surface area contributed by atoms with Crippen molar-refractivity contribution in [3.05, 3.63) is 76.1 Å². The molecular weight excluding hydrogens is 433 g/mol. The third kappa shape index (κ3) is 3.87. The van der Waals surface area contributed by atoms with Gasteiger partial charge in [0.05, 0.1) is 18.2 Å². The zero-order valence-electron chi connectivity index (χ0n) is 17.4. The quantitative estimate of drug-likeness (QED) is 0.341. The molecule has 0 radical (unpaired) electrons. The van der Waals surface area contributed by atoms with Gasteiger partial charge in [0.15, 0.2) is 0 Å². The van der Waals surface area contributed by atoms with E-state index in [1.165, 1.54) is 40.5 Å². The molecule has 1 atom stereocenters. The first-order valence-corrected chi connectivity index (χ1v) is 10.9. The summed E-state index contributed by atoms with van der Waals surface area (Å²) < 4.78 is 19.0. The molecule has 2 heterocycles. The molecular formula is C23H20FN3O4S. The third-order valence-corrected chi connectivity index (χ3v) is 6.08. The number of ether oxygens (including phenoxy) is 1. The van der Waals surface area contributed by atoms with Crippen molar-refractivity contribution in [1.29, 1.82) is 0 Å². The normalized spacial score (nSPS) is 17.7. The molecule has 0 bridgehead atoms. The zero-order chi connectivity index (χ0) is 22.8. The fraction of sp³-hybridized carbons (Fsp3) is 0.217. The molecule has 1 N–H and O–H groups in total. The summed E-state index contributed by atoms with van der Waals surface area (Å²) in [6.07, 6.45) is 0.627. The van der Waals surface area contributed by atoms with Crippen molar-refractivity contribution in [2.45, 2.75) is 26.3 Å². The Bertz CT molecular complexity index is 1210. The molecule has 32 heavy (non-hydrogen) atoms. The van der Waals surface area contributed by atoms with Gasteiger partial charge in [0.25, 0.3) is 5.78 Å². The molecule has 2 aromatic carbocycles. The van der Waals surface area contributed by atoms with Crippen LogP contribution in [0.1, 0.15) is 36.0 Å². The van der Waals surface area contributed by atoms with E-state index >= 15 is 0 Å². The Balaban J connectivity index is 1.92. The van der Waals surface area contributed by atoms with Gasteiger partial charge in [-0.05, 0) is 55.3 Å². The molecule has 164 valence electrons. The molecule has 4 rings (SSSR count). The average molecular weight is 453 g/mol. The fourth-order valence-electron chi connectivity index (χ4n) is 3.53. The van der Waals surface area contributed by atoms with E-state index in [0.29, 0.717) is 29.3 Å². The van der Waals surface area contributed by atoms with Gasteiger partial charge in [-0.3, -0.25) is 14.5 Å². The molecule has 7 nitrogen and oxygen atoms in total. The number of carbonyl (C=O) groups excluding carboxylic acids is 2. The maximum absolute atomic E-state index is 13.4. The first-order chi connectivity index (χ1) is 15.4. The number of nitrogens with zero attached hydrogens (tertiary/aromatic N) is 3. The zero-order valence-corrected chi connectivity index (χ0v) is 18.2. The van der Waals surface area contributed by atoms with Gasteiger partial charge < -0.3 is 9.84 Å². The van der Waals surface area contributed by atoms with Crippen LogP contribution in [0.25, 0.3) is 5.76 Å². The fourth-order valence-corrected chi connectivity index (χ4v) is 4.34. The largest absolute Gasteiger partial charge is 0.507 e. The standard InChI is InChI=1S/C23H20FN3O4S/c1-3-17-25-26-23(32-17)27-19(14-6-5-7-16(12-14)31-4-2)18(21(29)22(27)30)20(28)13-8-10-15(24)11-9-13/h5-12,19,28H,3-4H2,1-2H3/b20-18+. The Labute approximate surface area is 187 Å². The number of aromatic nitrogens is 2. The smallest absolute Gasteiger partial charge is 0.301 e. The summed E-state index contributed by atoms with van der Waals surface area (Å²) in [5, 5.41) is 20.2. The molecule has 1 amide bonds.